The van der Waals surface area contributed by atoms with Gasteiger partial charge in [0.1, 0.15) is 16.4 Å². The summed E-state index contributed by atoms with van der Waals surface area (Å²) in [4.78, 5) is 26.7. The number of rotatable bonds is 8. The quantitative estimate of drug-likeness (QED) is 0.432. The van der Waals surface area contributed by atoms with E-state index in [-0.39, 0.29) is 22.9 Å². The van der Waals surface area contributed by atoms with Gasteiger partial charge in [-0.1, -0.05) is 11.6 Å². The number of carbonyl (C=O) groups is 2. The molecule has 1 amide bonds. The molecule has 31 heavy (non-hydrogen) atoms. The molecule has 0 spiro atoms. The van der Waals surface area contributed by atoms with Crippen LogP contribution in [0.5, 0.6) is 5.75 Å². The van der Waals surface area contributed by atoms with Crippen molar-refractivity contribution in [1.82, 2.24) is 0 Å². The SMILES string of the molecule is CCOc1ccc(N(CCC#N)C(=O)COC(=O)c2sc3cc(F)ccc3c2Cl)cc1. The standard InChI is InChI=1S/C22H18ClFN2O4S/c1-2-29-16-7-5-15(6-8-16)26(11-3-10-25)19(27)13-30-22(28)21-20(23)17-9-4-14(24)12-18(17)31-21/h4-9,12H,2-3,11,13H2,1H3. The zero-order valence-corrected chi connectivity index (χ0v) is 18.1. The summed E-state index contributed by atoms with van der Waals surface area (Å²) in [7, 11) is 0. The van der Waals surface area contributed by atoms with E-state index in [1.165, 1.54) is 23.1 Å². The van der Waals surface area contributed by atoms with Crippen molar-refractivity contribution in [2.24, 2.45) is 0 Å². The summed E-state index contributed by atoms with van der Waals surface area (Å²) in [5, 5.41) is 9.61. The fraction of sp³-hybridized carbons (Fsp3) is 0.227. The number of thiophene rings is 1. The normalized spacial score (nSPS) is 10.5. The third-order valence-electron chi connectivity index (χ3n) is 4.31. The van der Waals surface area contributed by atoms with Gasteiger partial charge < -0.3 is 14.4 Å². The van der Waals surface area contributed by atoms with Crippen LogP contribution in [0.15, 0.2) is 42.5 Å². The molecule has 0 bridgehead atoms. The van der Waals surface area contributed by atoms with Crippen LogP contribution in [0, 0.1) is 17.1 Å². The number of amides is 1. The van der Waals surface area contributed by atoms with Crippen LogP contribution in [-0.2, 0) is 9.53 Å². The van der Waals surface area contributed by atoms with E-state index in [0.29, 0.717) is 28.1 Å². The number of esters is 1. The molecular formula is C22H18ClFN2O4S. The minimum atomic E-state index is -0.771. The lowest BCUT2D eigenvalue weighted by Gasteiger charge is -2.22. The highest BCUT2D eigenvalue weighted by Crippen LogP contribution is 2.36. The molecule has 2 aromatic carbocycles. The molecule has 3 rings (SSSR count). The van der Waals surface area contributed by atoms with Gasteiger partial charge in [0.05, 0.1) is 24.1 Å². The van der Waals surface area contributed by atoms with Crippen molar-refractivity contribution < 1.29 is 23.5 Å². The number of nitriles is 1. The Morgan fingerprint density at radius 1 is 1.23 bits per heavy atom. The van der Waals surface area contributed by atoms with Crippen LogP contribution in [0.1, 0.15) is 23.0 Å². The van der Waals surface area contributed by atoms with Gasteiger partial charge in [-0.3, -0.25) is 4.79 Å². The Morgan fingerprint density at radius 3 is 2.65 bits per heavy atom. The van der Waals surface area contributed by atoms with Gasteiger partial charge in [0.15, 0.2) is 6.61 Å². The summed E-state index contributed by atoms with van der Waals surface area (Å²) in [6.45, 7) is 1.99. The zero-order chi connectivity index (χ0) is 22.4. The Labute approximate surface area is 187 Å². The molecule has 0 saturated carbocycles. The summed E-state index contributed by atoms with van der Waals surface area (Å²) < 4.78 is 24.5. The second-order valence-electron chi connectivity index (χ2n) is 6.34. The topological polar surface area (TPSA) is 79.6 Å². The molecule has 0 atom stereocenters. The van der Waals surface area contributed by atoms with Crippen LogP contribution in [0.4, 0.5) is 10.1 Å². The lowest BCUT2D eigenvalue weighted by Crippen LogP contribution is -2.35. The number of anilines is 1. The number of halogens is 2. The van der Waals surface area contributed by atoms with Gasteiger partial charge in [0.25, 0.3) is 5.91 Å². The molecule has 6 nitrogen and oxygen atoms in total. The lowest BCUT2D eigenvalue weighted by molar-refractivity contribution is -0.121. The fourth-order valence-electron chi connectivity index (χ4n) is 2.89. The maximum Gasteiger partial charge on any atom is 0.350 e. The fourth-order valence-corrected chi connectivity index (χ4v) is 4.32. The molecule has 0 radical (unpaired) electrons. The van der Waals surface area contributed by atoms with Gasteiger partial charge in [-0.15, -0.1) is 11.3 Å². The third kappa shape index (κ3) is 5.32. The molecule has 0 saturated heterocycles. The molecule has 1 aromatic heterocycles. The first kappa shape index (κ1) is 22.5. The van der Waals surface area contributed by atoms with Gasteiger partial charge in [0.2, 0.25) is 0 Å². The average molecular weight is 461 g/mol. The van der Waals surface area contributed by atoms with Crippen molar-refractivity contribution >= 4 is 50.6 Å². The highest BCUT2D eigenvalue weighted by atomic mass is 35.5. The molecule has 0 aliphatic rings. The summed E-state index contributed by atoms with van der Waals surface area (Å²) in [6.07, 6.45) is 0.112. The number of hydrogen-bond acceptors (Lipinski definition) is 6. The summed E-state index contributed by atoms with van der Waals surface area (Å²) in [5.74, 6) is -1.05. The first-order chi connectivity index (χ1) is 14.9. The maximum absolute atomic E-state index is 13.4. The van der Waals surface area contributed by atoms with Gasteiger partial charge in [0, 0.05) is 22.3 Å². The van der Waals surface area contributed by atoms with Gasteiger partial charge in [-0.05, 0) is 49.4 Å². The number of ether oxygens (including phenoxy) is 2. The Morgan fingerprint density at radius 2 is 1.97 bits per heavy atom. The number of fused-ring (bicyclic) bond motifs is 1. The Kier molecular flexibility index (Phi) is 7.45. The first-order valence-electron chi connectivity index (χ1n) is 9.39. The van der Waals surface area contributed by atoms with Gasteiger partial charge in [-0.25, -0.2) is 9.18 Å². The molecule has 0 N–H and O–H groups in total. The van der Waals surface area contributed by atoms with Gasteiger partial charge in [-0.2, -0.15) is 5.26 Å². The lowest BCUT2D eigenvalue weighted by atomic mass is 10.2. The molecule has 1 heterocycles. The summed E-state index contributed by atoms with van der Waals surface area (Å²) >= 11 is 7.23. The predicted molar refractivity (Wildman–Crippen MR) is 117 cm³/mol. The Bertz CT molecular complexity index is 1140. The average Bonchev–Trinajstić information content (AvgIpc) is 3.09. The van der Waals surface area contributed by atoms with Crippen molar-refractivity contribution in [2.45, 2.75) is 13.3 Å². The third-order valence-corrected chi connectivity index (χ3v) is 5.95. The van der Waals surface area contributed by atoms with Crippen LogP contribution in [0.3, 0.4) is 0 Å². The molecule has 3 aromatic rings. The van der Waals surface area contributed by atoms with E-state index in [9.17, 15) is 14.0 Å². The summed E-state index contributed by atoms with van der Waals surface area (Å²) in [6, 6.07) is 12.8. The number of hydrogen-bond donors (Lipinski definition) is 0. The Hall–Kier alpha value is -3.15. The zero-order valence-electron chi connectivity index (χ0n) is 16.6. The first-order valence-corrected chi connectivity index (χ1v) is 10.6. The monoisotopic (exact) mass is 460 g/mol. The maximum atomic E-state index is 13.4. The van der Waals surface area contributed by atoms with Crippen LogP contribution in [-0.4, -0.2) is 31.6 Å². The van der Waals surface area contributed by atoms with Crippen molar-refractivity contribution in [3.63, 3.8) is 0 Å². The molecule has 160 valence electrons. The number of nitrogens with zero attached hydrogens (tertiary/aromatic N) is 2. The van der Waals surface area contributed by atoms with Crippen molar-refractivity contribution in [3.05, 3.63) is 58.2 Å². The van der Waals surface area contributed by atoms with Crippen LogP contribution < -0.4 is 9.64 Å². The van der Waals surface area contributed by atoms with Crippen molar-refractivity contribution in [1.29, 1.82) is 5.26 Å². The number of carbonyl (C=O) groups excluding carboxylic acids is 2. The van der Waals surface area contributed by atoms with E-state index < -0.39 is 24.3 Å². The molecule has 0 unspecified atom stereocenters. The van der Waals surface area contributed by atoms with E-state index >= 15 is 0 Å². The van der Waals surface area contributed by atoms with E-state index in [1.54, 1.807) is 24.3 Å². The van der Waals surface area contributed by atoms with E-state index in [2.05, 4.69) is 0 Å². The van der Waals surface area contributed by atoms with Crippen LogP contribution in [0.25, 0.3) is 10.1 Å². The van der Waals surface area contributed by atoms with E-state index in [4.69, 9.17) is 26.3 Å². The molecule has 0 aliphatic carbocycles. The highest BCUT2D eigenvalue weighted by Gasteiger charge is 2.22. The summed E-state index contributed by atoms with van der Waals surface area (Å²) in [5.41, 5.74) is 0.551. The molecular weight excluding hydrogens is 443 g/mol. The molecule has 9 heteroatoms. The molecule has 0 aliphatic heterocycles. The second-order valence-corrected chi connectivity index (χ2v) is 7.77. The molecule has 0 fully saturated rings. The smallest absolute Gasteiger partial charge is 0.350 e. The minimum absolute atomic E-state index is 0.0970. The van der Waals surface area contributed by atoms with E-state index in [1.807, 2.05) is 13.0 Å². The van der Waals surface area contributed by atoms with Gasteiger partial charge >= 0.3 is 5.97 Å². The highest BCUT2D eigenvalue weighted by molar-refractivity contribution is 7.21. The minimum Gasteiger partial charge on any atom is -0.494 e. The van der Waals surface area contributed by atoms with Crippen LogP contribution >= 0.6 is 22.9 Å². The second kappa shape index (κ2) is 10.2. The van der Waals surface area contributed by atoms with Crippen molar-refractivity contribution in [2.75, 3.05) is 24.7 Å². The van der Waals surface area contributed by atoms with E-state index in [0.717, 1.165) is 11.3 Å². The number of benzene rings is 2. The van der Waals surface area contributed by atoms with Crippen LogP contribution in [0.2, 0.25) is 5.02 Å². The largest absolute Gasteiger partial charge is 0.494 e. The van der Waals surface area contributed by atoms with Crippen molar-refractivity contribution in [3.8, 4) is 11.8 Å². The predicted octanol–water partition coefficient (Wildman–Crippen LogP) is 5.20. The Balaban J connectivity index is 1.72.